The molecule has 1 atom stereocenters. The zero-order chi connectivity index (χ0) is 16.5. The van der Waals surface area contributed by atoms with Gasteiger partial charge in [-0.05, 0) is 64.0 Å². The van der Waals surface area contributed by atoms with Crippen LogP contribution in [0, 0.1) is 5.82 Å². The Morgan fingerprint density at radius 1 is 1.08 bits per heavy atom. The van der Waals surface area contributed by atoms with E-state index in [1.807, 2.05) is 30.3 Å². The van der Waals surface area contributed by atoms with Crippen molar-refractivity contribution in [3.63, 3.8) is 0 Å². The summed E-state index contributed by atoms with van der Waals surface area (Å²) in [6.07, 6.45) is 2.01. The highest BCUT2D eigenvalue weighted by Gasteiger charge is 2.24. The number of nitrogens with zero attached hydrogens (tertiary/aromatic N) is 4. The quantitative estimate of drug-likeness (QED) is 0.803. The lowest BCUT2D eigenvalue weighted by atomic mass is 10.0. The number of rotatable bonds is 3. The lowest BCUT2D eigenvalue weighted by Crippen LogP contribution is -2.20. The first-order chi connectivity index (χ1) is 11.7. The van der Waals surface area contributed by atoms with Gasteiger partial charge in [0.15, 0.2) is 0 Å². The van der Waals surface area contributed by atoms with Crippen molar-refractivity contribution in [3.05, 3.63) is 71.6 Å². The van der Waals surface area contributed by atoms with E-state index in [-0.39, 0.29) is 11.9 Å². The second-order valence-electron chi connectivity index (χ2n) is 5.38. The Hall–Kier alpha value is -3.22. The van der Waals surface area contributed by atoms with E-state index in [0.717, 1.165) is 22.6 Å². The molecule has 6 nitrogen and oxygen atoms in total. The molecular weight excluding hydrogens is 309 g/mol. The molecule has 3 aromatic rings. The van der Waals surface area contributed by atoms with E-state index in [2.05, 4.69) is 20.8 Å². The highest BCUT2D eigenvalue weighted by Crippen LogP contribution is 2.32. The summed E-state index contributed by atoms with van der Waals surface area (Å²) in [4.78, 5) is 0. The molecule has 0 fully saturated rings. The molecule has 1 aliphatic rings. The van der Waals surface area contributed by atoms with E-state index in [1.54, 1.807) is 23.9 Å². The number of halogens is 1. The van der Waals surface area contributed by atoms with Crippen LogP contribution in [0.4, 0.5) is 10.3 Å². The van der Waals surface area contributed by atoms with Crippen LogP contribution in [0.15, 0.2) is 54.6 Å². The molecule has 120 valence electrons. The van der Waals surface area contributed by atoms with Crippen LogP contribution in [0.25, 0.3) is 5.70 Å². The van der Waals surface area contributed by atoms with Crippen LogP contribution in [-0.4, -0.2) is 27.3 Å². The third kappa shape index (κ3) is 2.50. The average molecular weight is 323 g/mol. The monoisotopic (exact) mass is 323 g/mol. The normalized spacial score (nSPS) is 16.1. The van der Waals surface area contributed by atoms with E-state index in [9.17, 15) is 4.39 Å². The molecule has 1 N–H and O–H groups in total. The summed E-state index contributed by atoms with van der Waals surface area (Å²) in [5, 5.41) is 15.0. The maximum absolute atomic E-state index is 13.2. The number of anilines is 1. The second kappa shape index (κ2) is 5.77. The molecule has 1 unspecified atom stereocenters. The molecule has 0 spiro atoms. The molecule has 0 amide bonds. The number of hydrogen-bond acceptors (Lipinski definition) is 5. The van der Waals surface area contributed by atoms with Crippen LogP contribution < -0.4 is 10.1 Å². The fraction of sp³-hybridized carbons (Fsp3) is 0.118. The number of methoxy groups -OCH3 is 1. The van der Waals surface area contributed by atoms with Crippen molar-refractivity contribution in [1.82, 2.24) is 20.2 Å². The molecule has 0 saturated heterocycles. The van der Waals surface area contributed by atoms with E-state index in [4.69, 9.17) is 4.74 Å². The molecule has 2 aromatic carbocycles. The van der Waals surface area contributed by atoms with Crippen LogP contribution in [0.5, 0.6) is 5.75 Å². The van der Waals surface area contributed by atoms with E-state index in [1.165, 1.54) is 12.1 Å². The number of ether oxygens (including phenoxy) is 1. The third-order valence-corrected chi connectivity index (χ3v) is 3.94. The molecule has 24 heavy (non-hydrogen) atoms. The summed E-state index contributed by atoms with van der Waals surface area (Å²) in [6, 6.07) is 13.9. The summed E-state index contributed by atoms with van der Waals surface area (Å²) in [5.41, 5.74) is 2.72. The largest absolute Gasteiger partial charge is 0.497 e. The van der Waals surface area contributed by atoms with E-state index >= 15 is 0 Å². The van der Waals surface area contributed by atoms with Crippen molar-refractivity contribution in [1.29, 1.82) is 0 Å². The van der Waals surface area contributed by atoms with Gasteiger partial charge in [0.05, 0.1) is 7.11 Å². The first-order valence-electron chi connectivity index (χ1n) is 7.41. The van der Waals surface area contributed by atoms with Crippen LogP contribution in [0.3, 0.4) is 0 Å². The molecule has 0 radical (unpaired) electrons. The van der Waals surface area contributed by atoms with Crippen molar-refractivity contribution in [2.24, 2.45) is 0 Å². The van der Waals surface area contributed by atoms with Gasteiger partial charge in [-0.3, -0.25) is 0 Å². The molecule has 0 bridgehead atoms. The van der Waals surface area contributed by atoms with Gasteiger partial charge >= 0.3 is 0 Å². The van der Waals surface area contributed by atoms with Gasteiger partial charge in [0, 0.05) is 5.70 Å². The number of tetrazole rings is 1. The summed E-state index contributed by atoms with van der Waals surface area (Å²) in [7, 11) is 1.63. The van der Waals surface area contributed by atoms with Gasteiger partial charge in [-0.15, -0.1) is 0 Å². The fourth-order valence-corrected chi connectivity index (χ4v) is 2.69. The van der Waals surface area contributed by atoms with Crippen molar-refractivity contribution < 1.29 is 9.13 Å². The summed E-state index contributed by atoms with van der Waals surface area (Å²) in [6.45, 7) is 0. The number of benzene rings is 2. The number of nitrogens with one attached hydrogen (secondary N) is 1. The molecule has 1 aliphatic heterocycles. The lowest BCUT2D eigenvalue weighted by molar-refractivity contribution is 0.414. The van der Waals surface area contributed by atoms with Gasteiger partial charge < -0.3 is 10.1 Å². The van der Waals surface area contributed by atoms with Crippen molar-refractivity contribution >= 4 is 11.6 Å². The van der Waals surface area contributed by atoms with Crippen LogP contribution in [0.2, 0.25) is 0 Å². The maximum Gasteiger partial charge on any atom is 0.248 e. The van der Waals surface area contributed by atoms with Gasteiger partial charge in [0.25, 0.3) is 0 Å². The van der Waals surface area contributed by atoms with Crippen LogP contribution in [0.1, 0.15) is 17.2 Å². The maximum atomic E-state index is 13.2. The Labute approximate surface area is 137 Å². The molecule has 0 saturated carbocycles. The number of fused-ring (bicyclic) bond motifs is 1. The average Bonchev–Trinajstić information content (AvgIpc) is 3.10. The molecule has 4 rings (SSSR count). The van der Waals surface area contributed by atoms with Crippen molar-refractivity contribution in [2.75, 3.05) is 12.4 Å². The van der Waals surface area contributed by atoms with Gasteiger partial charge in [-0.2, -0.15) is 4.68 Å². The molecule has 2 heterocycles. The van der Waals surface area contributed by atoms with E-state index < -0.39 is 0 Å². The predicted octanol–water partition coefficient (Wildman–Crippen LogP) is 2.88. The van der Waals surface area contributed by atoms with Gasteiger partial charge in [-0.1, -0.05) is 17.2 Å². The first kappa shape index (κ1) is 14.4. The van der Waals surface area contributed by atoms with Gasteiger partial charge in [-0.25, -0.2) is 4.39 Å². The summed E-state index contributed by atoms with van der Waals surface area (Å²) < 4.78 is 20.1. The minimum atomic E-state index is -0.272. The molecule has 0 aliphatic carbocycles. The Kier molecular flexibility index (Phi) is 3.45. The van der Waals surface area contributed by atoms with Gasteiger partial charge in [0.2, 0.25) is 5.95 Å². The van der Waals surface area contributed by atoms with Crippen LogP contribution in [-0.2, 0) is 0 Å². The number of aromatic nitrogens is 4. The predicted molar refractivity (Wildman–Crippen MR) is 86.9 cm³/mol. The fourth-order valence-electron chi connectivity index (χ4n) is 2.69. The van der Waals surface area contributed by atoms with Crippen molar-refractivity contribution in [2.45, 2.75) is 6.04 Å². The van der Waals surface area contributed by atoms with E-state index in [0.29, 0.717) is 5.95 Å². The summed E-state index contributed by atoms with van der Waals surface area (Å²) in [5.74, 6) is 1.05. The van der Waals surface area contributed by atoms with Crippen molar-refractivity contribution in [3.8, 4) is 5.75 Å². The Bertz CT molecular complexity index is 886. The minimum Gasteiger partial charge on any atom is -0.497 e. The smallest absolute Gasteiger partial charge is 0.248 e. The van der Waals surface area contributed by atoms with Crippen LogP contribution >= 0.6 is 0 Å². The van der Waals surface area contributed by atoms with Gasteiger partial charge in [0.1, 0.15) is 17.6 Å². The zero-order valence-electron chi connectivity index (χ0n) is 12.8. The highest BCUT2D eigenvalue weighted by molar-refractivity contribution is 5.76. The highest BCUT2D eigenvalue weighted by atomic mass is 19.1. The Morgan fingerprint density at radius 2 is 1.83 bits per heavy atom. The number of allylic oxidation sites excluding steroid dienone is 1. The zero-order valence-corrected chi connectivity index (χ0v) is 12.8. The second-order valence-corrected chi connectivity index (χ2v) is 5.38. The molecular formula is C17H14FN5O. The Balaban J connectivity index is 1.77. The first-order valence-corrected chi connectivity index (χ1v) is 7.41. The number of hydrogen-bond donors (Lipinski definition) is 1. The lowest BCUT2D eigenvalue weighted by Gasteiger charge is -2.23. The molecule has 7 heteroatoms. The molecule has 1 aromatic heterocycles. The topological polar surface area (TPSA) is 64.9 Å². The SMILES string of the molecule is COc1ccc(C2C=C(c3ccc(F)cc3)Nc3nnnn32)cc1. The standard InChI is InChI=1S/C17H14FN5O/c1-24-14-8-4-12(5-9-14)16-10-15(11-2-6-13(18)7-3-11)19-17-20-21-22-23(16)17/h2-10,16H,1H3,(H,19,20,22). The Morgan fingerprint density at radius 3 is 2.54 bits per heavy atom. The summed E-state index contributed by atoms with van der Waals surface area (Å²) >= 11 is 0. The third-order valence-electron chi connectivity index (χ3n) is 3.94. The minimum absolute atomic E-state index is 0.165.